The minimum atomic E-state index is -2.30. The van der Waals surface area contributed by atoms with E-state index in [1.54, 1.807) is 0 Å². The lowest BCUT2D eigenvalue weighted by atomic mass is 9.85. The average Bonchev–Trinajstić information content (AvgIpc) is 0.760. The average molecular weight is 1890 g/mol. The van der Waals surface area contributed by atoms with Gasteiger partial charge in [-0.1, -0.05) is 119 Å². The maximum atomic E-state index is 17.1. The Morgan fingerprint density at radius 2 is 1.05 bits per heavy atom. The summed E-state index contributed by atoms with van der Waals surface area (Å²) in [4.78, 5) is 124. The van der Waals surface area contributed by atoms with Crippen molar-refractivity contribution in [3.8, 4) is 80.1 Å². The molecule has 6 unspecified atom stereocenters. The number of aliphatic hydroxyl groups excluding tert-OH is 10. The van der Waals surface area contributed by atoms with Gasteiger partial charge in [0.15, 0.2) is 40.9 Å². The van der Waals surface area contributed by atoms with Gasteiger partial charge in [0.05, 0.1) is 47.7 Å². The monoisotopic (exact) mass is 1890 g/mol. The Morgan fingerprint density at radius 3 is 1.70 bits per heavy atom. The fraction of sp³-hybridized carbons (Fsp3) is 0.462. The van der Waals surface area contributed by atoms with Crippen LogP contribution < -0.4 is 61.3 Å². The summed E-state index contributed by atoms with van der Waals surface area (Å²) < 4.78 is 58.1. The zero-order valence-corrected chi connectivity index (χ0v) is 73.7. The number of fused-ring (bicyclic) bond motifs is 14. The summed E-state index contributed by atoms with van der Waals surface area (Å²) >= 11 is 14.8. The van der Waals surface area contributed by atoms with E-state index < -0.39 is 289 Å². The highest BCUT2D eigenvalue weighted by Gasteiger charge is 2.52. The number of Topliss-reactive ketones (excluding diaryl/α,β-unsaturated/α-hetero) is 2. The fourth-order valence-electron chi connectivity index (χ4n) is 17.5. The topological polar surface area (TPSA) is 601 Å². The predicted octanol–water partition coefficient (Wildman–Crippen LogP) is 4.87. The number of carbonyl (C=O) groups excluding carboxylic acids is 8. The number of benzene rings is 7. The van der Waals surface area contributed by atoms with Crippen LogP contribution in [0.2, 0.25) is 10.0 Å². The normalized spacial score (nSPS) is 28.3. The highest BCUT2D eigenvalue weighted by atomic mass is 35.5. The highest BCUT2D eigenvalue weighted by Crippen LogP contribution is 2.51. The molecule has 7 aromatic rings. The molecule has 0 radical (unpaired) electrons. The van der Waals surface area contributed by atoms with Gasteiger partial charge >= 0.3 is 0 Å². The molecule has 3 saturated heterocycles. The second kappa shape index (κ2) is 43.1. The number of ketones is 2. The Labute approximate surface area is 771 Å². The zero-order valence-electron chi connectivity index (χ0n) is 72.1. The van der Waals surface area contributed by atoms with Crippen LogP contribution in [0.3, 0.4) is 0 Å². The molecule has 22 atom stereocenters. The molecule has 9 heterocycles. The molecular weight excluding hydrogens is 1780 g/mol. The molecule has 133 heavy (non-hydrogen) atoms. The molecule has 0 aromatic heterocycles. The molecule has 0 spiro atoms. The third kappa shape index (κ3) is 22.3. The van der Waals surface area contributed by atoms with E-state index in [0.29, 0.717) is 12.8 Å². The number of amides is 6. The van der Waals surface area contributed by atoms with Crippen molar-refractivity contribution in [2.45, 2.75) is 251 Å². The van der Waals surface area contributed by atoms with Crippen LogP contribution in [0.15, 0.2) is 115 Å². The molecule has 40 heteroatoms. The van der Waals surface area contributed by atoms with E-state index in [0.717, 1.165) is 100 Å². The van der Waals surface area contributed by atoms with Crippen LogP contribution in [0.4, 0.5) is 0 Å². The molecule has 9 aliphatic rings. The van der Waals surface area contributed by atoms with Crippen molar-refractivity contribution in [3.63, 3.8) is 0 Å². The van der Waals surface area contributed by atoms with Crippen molar-refractivity contribution < 1.29 is 152 Å². The standard InChI is InChI=1S/C93H107Cl2N7O31/c1-3-4-5-6-7-8-9-10-11-12-13-14-71(113)100-76-82(118)79(115)69(39-104)130-92(76)133-86-66-31-47-32-67(86)127-63-22-18-45(29-56(63)95)85(132-91-75(98-41(2)106)81(117)78(114)68(38-103)129-91)77-90(124)97-37-48-26-50(108)34-65(128-93-84(120)83(119)80(116)70(40-105)131-93)72(48)54-28-43(16-19-58(54)109)52(87(121)102-77)36-61(112)74(47)101-88(122)53-35-60(111)57(24-42-15-21-62(126-66)55(94)23-42)99-89(123)73(96)44-17-20-59(110)64(30-44)125-51-27-46(53)25-49(107)33-51/h15-23,25-34,52-53,57,68-70,73-85,91-93,103-105,107-110,114-120H,3-14,24,35-40,96H2,1-2H3,(H,97,124)(H,98,106)(H,99,123)(H,100,113)(H,101,122)(H,102,121)/t52-,53+,57-,68?,69?,70?,73-,74-,75?,76?,77+,78-,79-,80-,81-,82-,83?,84-,85-,91+,92+,93+/m1/s1. The number of hydrogen-bond acceptors (Lipinski definition) is 32. The van der Waals surface area contributed by atoms with Gasteiger partial charge in [0.2, 0.25) is 53.8 Å². The largest absolute Gasteiger partial charge is 0.508 e. The van der Waals surface area contributed by atoms with Crippen LogP contribution in [0, 0.1) is 0 Å². The molecule has 6 amide bonds. The number of nitrogens with one attached hydrogen (secondary N) is 6. The zero-order chi connectivity index (χ0) is 95.1. The van der Waals surface area contributed by atoms with E-state index in [-0.39, 0.29) is 73.2 Å². The van der Waals surface area contributed by atoms with E-state index in [1.807, 2.05) is 0 Å². The SMILES string of the molecule is CCCCCCCCCCCCCC(=O)NC1[C@H](Oc2c3cc4cc2Oc2ccc(cc2Cl)[C@@H](O[C@@H]2OC(CO)[C@@H](O)[C@H](O)C2NC(C)=O)[C@@H]2NC(=O)[C@H](CC(=O)[C@@H]4NC(=O)[C@H]4CC(=O)[C@@H](Cc5ccc(c(Cl)c5)O3)NC(=O)[C@H](N)c3ccc(O)c(c3)Oc3cc(O)cc4c3)c3ccc(O)c(c3)-c3c(cc(O)cc3O[C@H]3OC(CO)[C@@H](O)C(O)[C@H]3O)CNC2=O)OC(CO)[C@@H](O)[C@@H]1O. The summed E-state index contributed by atoms with van der Waals surface area (Å²) in [5.41, 5.74) is 5.02. The maximum Gasteiger partial charge on any atom is 0.245 e. The lowest BCUT2D eigenvalue weighted by Gasteiger charge is -2.44. The second-order valence-corrected chi connectivity index (χ2v) is 35.0. The summed E-state index contributed by atoms with van der Waals surface area (Å²) in [5.74, 6) is -18.3. The van der Waals surface area contributed by atoms with Crippen LogP contribution in [-0.4, -0.2) is 242 Å². The minimum absolute atomic E-state index is 0.0741. The van der Waals surface area contributed by atoms with Crippen LogP contribution in [0.5, 0.6) is 69.0 Å². The van der Waals surface area contributed by atoms with Gasteiger partial charge in [-0.2, -0.15) is 0 Å². The Balaban J connectivity index is 0.994. The number of halogens is 2. The molecular formula is C93H107Cl2N7O31. The van der Waals surface area contributed by atoms with Crippen molar-refractivity contribution in [2.24, 2.45) is 5.73 Å². The first-order valence-corrected chi connectivity index (χ1v) is 44.7. The number of carbonyl (C=O) groups is 8. The number of unbranched alkanes of at least 4 members (excludes halogenated alkanes) is 10. The number of hydrogen-bond donors (Lipinski definition) is 21. The molecule has 22 N–H and O–H groups in total. The summed E-state index contributed by atoms with van der Waals surface area (Å²) in [6, 6.07) is 11.3. The molecule has 0 saturated carbocycles. The molecule has 7 aromatic carbocycles. The molecule has 16 rings (SSSR count). The first-order chi connectivity index (χ1) is 63.7. The van der Waals surface area contributed by atoms with Crippen molar-refractivity contribution in [3.05, 3.63) is 164 Å². The van der Waals surface area contributed by atoms with Gasteiger partial charge in [0.25, 0.3) is 0 Å². The summed E-state index contributed by atoms with van der Waals surface area (Å²) in [5, 5.41) is 175. The van der Waals surface area contributed by atoms with Gasteiger partial charge in [-0.05, 0) is 131 Å². The van der Waals surface area contributed by atoms with E-state index in [4.69, 9.17) is 71.6 Å². The number of aromatic hydroxyl groups is 4. The van der Waals surface area contributed by atoms with Crippen LogP contribution in [-0.2, 0) is 70.3 Å². The van der Waals surface area contributed by atoms with E-state index in [1.165, 1.54) is 79.6 Å². The number of nitrogens with two attached hydrogens (primary N) is 1. The number of phenolic OH excluding ortho intramolecular Hbond substituents is 4. The first-order valence-electron chi connectivity index (χ1n) is 44.0. The van der Waals surface area contributed by atoms with Gasteiger partial charge in [-0.25, -0.2) is 0 Å². The Kier molecular flexibility index (Phi) is 31.7. The lowest BCUT2D eigenvalue weighted by Crippen LogP contribution is -2.65. The molecule has 9 aliphatic heterocycles. The van der Waals surface area contributed by atoms with Gasteiger partial charge in [-0.3, -0.25) is 38.4 Å². The Bertz CT molecular complexity index is 5460. The van der Waals surface area contributed by atoms with Crippen LogP contribution in [0.1, 0.15) is 173 Å². The summed E-state index contributed by atoms with van der Waals surface area (Å²) in [6.07, 6.45) is -19.3. The molecule has 3 fully saturated rings. The van der Waals surface area contributed by atoms with Gasteiger partial charge in [-0.15, -0.1) is 0 Å². The fourth-order valence-corrected chi connectivity index (χ4v) is 18.0. The number of aliphatic hydroxyl groups is 10. The molecule has 38 nitrogen and oxygen atoms in total. The molecule has 0 aliphatic carbocycles. The van der Waals surface area contributed by atoms with E-state index in [9.17, 15) is 85.9 Å². The quantitative estimate of drug-likeness (QED) is 0.0380. The number of phenols is 4. The van der Waals surface area contributed by atoms with E-state index >= 15 is 24.0 Å². The number of ether oxygens (including phenoxy) is 9. The third-order valence-electron chi connectivity index (χ3n) is 24.7. The smallest absolute Gasteiger partial charge is 0.245 e. The maximum absolute atomic E-state index is 17.1. The predicted molar refractivity (Wildman–Crippen MR) is 468 cm³/mol. The van der Waals surface area contributed by atoms with Crippen molar-refractivity contribution in [1.29, 1.82) is 0 Å². The van der Waals surface area contributed by atoms with Crippen molar-refractivity contribution in [2.75, 3.05) is 19.8 Å². The Hall–Kier alpha value is -11.1. The van der Waals surface area contributed by atoms with Crippen LogP contribution >= 0.6 is 23.2 Å². The summed E-state index contributed by atoms with van der Waals surface area (Å²) in [6.45, 7) is -0.497. The van der Waals surface area contributed by atoms with Crippen LogP contribution in [0.25, 0.3) is 11.1 Å². The second-order valence-electron chi connectivity index (χ2n) is 34.2. The molecule has 17 bridgehead atoms. The van der Waals surface area contributed by atoms with Gasteiger partial charge < -0.3 is 152 Å². The molecule has 714 valence electrons. The Morgan fingerprint density at radius 1 is 0.489 bits per heavy atom. The van der Waals surface area contributed by atoms with Crippen molar-refractivity contribution >= 4 is 70.2 Å². The lowest BCUT2D eigenvalue weighted by molar-refractivity contribution is -0.284. The van der Waals surface area contributed by atoms with Gasteiger partial charge in [0, 0.05) is 56.0 Å². The minimum Gasteiger partial charge on any atom is -0.508 e. The van der Waals surface area contributed by atoms with Gasteiger partial charge in [0.1, 0.15) is 138 Å². The van der Waals surface area contributed by atoms with E-state index in [2.05, 4.69) is 38.8 Å². The first kappa shape index (κ1) is 97.9. The number of rotatable bonds is 23. The third-order valence-corrected chi connectivity index (χ3v) is 25.3. The summed E-state index contributed by atoms with van der Waals surface area (Å²) in [7, 11) is 0. The van der Waals surface area contributed by atoms with Crippen molar-refractivity contribution in [1.82, 2.24) is 31.9 Å². The highest BCUT2D eigenvalue weighted by molar-refractivity contribution is 6.32.